The van der Waals surface area contributed by atoms with Gasteiger partial charge in [-0.25, -0.2) is 4.39 Å². The highest BCUT2D eigenvalue weighted by Gasteiger charge is 2.24. The van der Waals surface area contributed by atoms with E-state index in [4.69, 9.17) is 0 Å². The molecule has 62 valence electrons. The highest BCUT2D eigenvalue weighted by molar-refractivity contribution is 4.74. The molecule has 0 spiro atoms. The summed E-state index contributed by atoms with van der Waals surface area (Å²) < 4.78 is 12.8. The van der Waals surface area contributed by atoms with Crippen LogP contribution in [0.25, 0.3) is 0 Å². The summed E-state index contributed by atoms with van der Waals surface area (Å²) in [5, 5.41) is 0. The number of rotatable bonds is 0. The molecule has 1 nitrogen and oxygen atoms in total. The van der Waals surface area contributed by atoms with Gasteiger partial charge in [-0.3, -0.25) is 0 Å². The second kappa shape index (κ2) is 3.91. The van der Waals surface area contributed by atoms with Gasteiger partial charge in [-0.2, -0.15) is 0 Å². The number of hydrogen-bond donors (Lipinski definition) is 0. The molecule has 0 aliphatic heterocycles. The molecule has 0 aromatic carbocycles. The molecule has 0 radical (unpaired) electrons. The zero-order valence-electron chi connectivity index (χ0n) is 6.73. The molecule has 0 amide bonds. The van der Waals surface area contributed by atoms with Crippen molar-refractivity contribution in [3.05, 3.63) is 0 Å². The van der Waals surface area contributed by atoms with Crippen LogP contribution in [0, 0.1) is 11.8 Å². The molecule has 0 aromatic heterocycles. The molecule has 0 heterocycles. The summed E-state index contributed by atoms with van der Waals surface area (Å²) in [4.78, 5) is 0. The maximum atomic E-state index is 12.8. The lowest BCUT2D eigenvalue weighted by atomic mass is 9.83. The minimum absolute atomic E-state index is 0. The van der Waals surface area contributed by atoms with Crippen LogP contribution in [0.5, 0.6) is 0 Å². The predicted molar refractivity (Wildman–Crippen MR) is 40.7 cm³/mol. The van der Waals surface area contributed by atoms with Gasteiger partial charge in [-0.1, -0.05) is 20.3 Å². The van der Waals surface area contributed by atoms with Gasteiger partial charge in [-0.15, -0.1) is 0 Å². The summed E-state index contributed by atoms with van der Waals surface area (Å²) in [6.45, 7) is 4.15. The van der Waals surface area contributed by atoms with Crippen LogP contribution in [0.3, 0.4) is 0 Å². The van der Waals surface area contributed by atoms with Crippen molar-refractivity contribution in [1.29, 1.82) is 0 Å². The average molecular weight is 148 g/mol. The van der Waals surface area contributed by atoms with Crippen molar-refractivity contribution in [1.82, 2.24) is 0 Å². The van der Waals surface area contributed by atoms with Crippen LogP contribution in [0.15, 0.2) is 0 Å². The first kappa shape index (κ1) is 9.89. The Hall–Kier alpha value is -0.110. The molecule has 2 N–H and O–H groups in total. The first-order valence-corrected chi connectivity index (χ1v) is 3.84. The van der Waals surface area contributed by atoms with Crippen molar-refractivity contribution in [2.24, 2.45) is 11.8 Å². The van der Waals surface area contributed by atoms with E-state index < -0.39 is 6.17 Å². The van der Waals surface area contributed by atoms with Gasteiger partial charge in [0.2, 0.25) is 0 Å². The van der Waals surface area contributed by atoms with Crippen molar-refractivity contribution in [2.75, 3.05) is 0 Å². The Morgan fingerprint density at radius 2 is 1.80 bits per heavy atom. The summed E-state index contributed by atoms with van der Waals surface area (Å²) in [6, 6.07) is 0. The molecule has 0 aromatic rings. The van der Waals surface area contributed by atoms with Crippen LogP contribution in [0.1, 0.15) is 33.1 Å². The minimum Gasteiger partial charge on any atom is -0.412 e. The lowest BCUT2D eigenvalue weighted by Gasteiger charge is -2.26. The Morgan fingerprint density at radius 1 is 1.20 bits per heavy atom. The van der Waals surface area contributed by atoms with Crippen LogP contribution in [0.2, 0.25) is 0 Å². The fraction of sp³-hybridized carbons (Fsp3) is 1.00. The van der Waals surface area contributed by atoms with Gasteiger partial charge >= 0.3 is 0 Å². The largest absolute Gasteiger partial charge is 0.412 e. The van der Waals surface area contributed by atoms with E-state index in [0.29, 0.717) is 11.8 Å². The second-order valence-electron chi connectivity index (χ2n) is 3.41. The third-order valence-electron chi connectivity index (χ3n) is 2.36. The Morgan fingerprint density at radius 3 is 2.20 bits per heavy atom. The maximum Gasteiger partial charge on any atom is 0.103 e. The van der Waals surface area contributed by atoms with Gasteiger partial charge in [0.1, 0.15) is 6.17 Å². The van der Waals surface area contributed by atoms with E-state index in [0.717, 1.165) is 12.8 Å². The predicted octanol–water partition coefficient (Wildman–Crippen LogP) is 1.96. The Labute approximate surface area is 61.9 Å². The lowest BCUT2D eigenvalue weighted by molar-refractivity contribution is 0.145. The molecule has 1 rings (SSSR count). The number of alkyl halides is 1. The monoisotopic (exact) mass is 148 g/mol. The smallest absolute Gasteiger partial charge is 0.103 e. The summed E-state index contributed by atoms with van der Waals surface area (Å²) >= 11 is 0. The standard InChI is InChI=1S/C8H15F.H2O/c1-6-3-4-7(2)8(9)5-6;/h6-8H,3-5H2,1-2H3;1H2. The Balaban J connectivity index is 0.000000810. The van der Waals surface area contributed by atoms with Gasteiger partial charge in [0.25, 0.3) is 0 Å². The quantitative estimate of drug-likeness (QED) is 0.503. The van der Waals surface area contributed by atoms with Gasteiger partial charge in [-0.05, 0) is 24.7 Å². The molecule has 1 saturated carbocycles. The van der Waals surface area contributed by atoms with Gasteiger partial charge in [0.15, 0.2) is 0 Å². The van der Waals surface area contributed by atoms with Crippen molar-refractivity contribution in [3.8, 4) is 0 Å². The highest BCUT2D eigenvalue weighted by atomic mass is 19.1. The lowest BCUT2D eigenvalue weighted by Crippen LogP contribution is -2.22. The second-order valence-corrected chi connectivity index (χ2v) is 3.41. The molecule has 1 aliphatic rings. The first-order valence-electron chi connectivity index (χ1n) is 3.84. The molecule has 1 fully saturated rings. The molecule has 10 heavy (non-hydrogen) atoms. The van der Waals surface area contributed by atoms with E-state index in [1.54, 1.807) is 0 Å². The van der Waals surface area contributed by atoms with E-state index in [1.807, 2.05) is 6.92 Å². The zero-order valence-corrected chi connectivity index (χ0v) is 6.73. The number of hydrogen-bond acceptors (Lipinski definition) is 0. The molecule has 1 aliphatic carbocycles. The summed E-state index contributed by atoms with van der Waals surface area (Å²) in [5.74, 6) is 0.942. The van der Waals surface area contributed by atoms with Crippen molar-refractivity contribution in [2.45, 2.75) is 39.3 Å². The molecule has 3 atom stereocenters. The Kier molecular flexibility index (Phi) is 3.87. The molecule has 0 saturated heterocycles. The molecular weight excluding hydrogens is 131 g/mol. The highest BCUT2D eigenvalue weighted by Crippen LogP contribution is 2.30. The van der Waals surface area contributed by atoms with E-state index in [1.165, 1.54) is 6.42 Å². The third-order valence-corrected chi connectivity index (χ3v) is 2.36. The van der Waals surface area contributed by atoms with E-state index in [9.17, 15) is 4.39 Å². The van der Waals surface area contributed by atoms with Crippen molar-refractivity contribution < 1.29 is 9.87 Å². The van der Waals surface area contributed by atoms with Crippen molar-refractivity contribution in [3.63, 3.8) is 0 Å². The SMILES string of the molecule is CC1CCC(C)C(F)C1.O. The van der Waals surface area contributed by atoms with E-state index in [-0.39, 0.29) is 5.48 Å². The fourth-order valence-corrected chi connectivity index (χ4v) is 1.46. The van der Waals surface area contributed by atoms with Crippen LogP contribution >= 0.6 is 0 Å². The maximum absolute atomic E-state index is 12.8. The number of halogens is 1. The molecule has 0 bridgehead atoms. The first-order chi connectivity index (χ1) is 4.20. The van der Waals surface area contributed by atoms with E-state index in [2.05, 4.69) is 6.92 Å². The fourth-order valence-electron chi connectivity index (χ4n) is 1.46. The van der Waals surface area contributed by atoms with Crippen LogP contribution < -0.4 is 0 Å². The van der Waals surface area contributed by atoms with Crippen LogP contribution in [-0.4, -0.2) is 11.6 Å². The van der Waals surface area contributed by atoms with Gasteiger partial charge < -0.3 is 5.48 Å². The normalized spacial score (nSPS) is 40.5. The molecular formula is C8H17FO. The zero-order chi connectivity index (χ0) is 6.85. The third kappa shape index (κ3) is 2.25. The summed E-state index contributed by atoms with van der Waals surface area (Å²) in [6.07, 6.45) is 2.58. The molecule has 3 unspecified atom stereocenters. The molecule has 2 heteroatoms. The minimum atomic E-state index is -0.520. The topological polar surface area (TPSA) is 31.5 Å². The summed E-state index contributed by atoms with van der Waals surface area (Å²) in [5.41, 5.74) is 0. The van der Waals surface area contributed by atoms with E-state index >= 15 is 0 Å². The summed E-state index contributed by atoms with van der Waals surface area (Å²) in [7, 11) is 0. The van der Waals surface area contributed by atoms with Crippen LogP contribution in [0.4, 0.5) is 4.39 Å². The van der Waals surface area contributed by atoms with Gasteiger partial charge in [0.05, 0.1) is 0 Å². The average Bonchev–Trinajstić information content (AvgIpc) is 1.80. The van der Waals surface area contributed by atoms with Gasteiger partial charge in [0, 0.05) is 0 Å². The Bertz CT molecular complexity index is 95.3. The van der Waals surface area contributed by atoms with Crippen molar-refractivity contribution >= 4 is 0 Å². The van der Waals surface area contributed by atoms with Crippen LogP contribution in [-0.2, 0) is 0 Å².